The average molecular weight is 197 g/mol. The number of aliphatic hydroxyl groups is 1. The summed E-state index contributed by atoms with van der Waals surface area (Å²) in [7, 11) is 0. The van der Waals surface area contributed by atoms with Crippen LogP contribution in [-0.2, 0) is 0 Å². The summed E-state index contributed by atoms with van der Waals surface area (Å²) in [5, 5.41) is 13.0. The normalized spacial score (nSPS) is 40.9. The van der Waals surface area contributed by atoms with Gasteiger partial charge >= 0.3 is 0 Å². The summed E-state index contributed by atoms with van der Waals surface area (Å²) in [5.41, 5.74) is 0.598. The molecule has 0 saturated heterocycles. The molecule has 0 heterocycles. The maximum Gasteiger partial charge on any atom is 0.0541 e. The van der Waals surface area contributed by atoms with Gasteiger partial charge in [-0.25, -0.2) is 0 Å². The fraction of sp³-hybridized carbons (Fsp3) is 1.00. The first kappa shape index (κ1) is 10.4. The number of aliphatic hydroxyl groups excluding tert-OH is 1. The molecular formula is C12H23NO. The quantitative estimate of drug-likeness (QED) is 0.724. The van der Waals surface area contributed by atoms with Crippen molar-refractivity contribution >= 4 is 0 Å². The maximum absolute atomic E-state index is 9.37. The van der Waals surface area contributed by atoms with Gasteiger partial charge in [0.25, 0.3) is 0 Å². The second-order valence-electron chi connectivity index (χ2n) is 5.80. The minimum Gasteiger partial charge on any atom is -0.393 e. The van der Waals surface area contributed by atoms with Crippen LogP contribution in [0.1, 0.15) is 46.0 Å². The summed E-state index contributed by atoms with van der Waals surface area (Å²) >= 11 is 0. The number of rotatable bonds is 3. The molecule has 2 aliphatic carbocycles. The van der Waals surface area contributed by atoms with Crippen molar-refractivity contribution in [3.05, 3.63) is 0 Å². The zero-order chi connectivity index (χ0) is 10.2. The Morgan fingerprint density at radius 1 is 1.21 bits per heavy atom. The van der Waals surface area contributed by atoms with E-state index in [1.807, 2.05) is 0 Å². The molecular weight excluding hydrogens is 174 g/mol. The standard InChI is InChI=1S/C12H23NO/c1-12(2)7-9(12)8-13-10-3-5-11(14)6-4-10/h9-11,13-14H,3-8H2,1-2H3. The van der Waals surface area contributed by atoms with Crippen LogP contribution in [0, 0.1) is 11.3 Å². The molecule has 0 aromatic heterocycles. The van der Waals surface area contributed by atoms with E-state index in [0.29, 0.717) is 11.5 Å². The van der Waals surface area contributed by atoms with Crippen LogP contribution in [0.25, 0.3) is 0 Å². The summed E-state index contributed by atoms with van der Waals surface area (Å²) in [6.45, 7) is 5.89. The summed E-state index contributed by atoms with van der Waals surface area (Å²) in [5.74, 6) is 0.898. The third-order valence-electron chi connectivity index (χ3n) is 4.07. The van der Waals surface area contributed by atoms with E-state index >= 15 is 0 Å². The van der Waals surface area contributed by atoms with Crippen LogP contribution in [-0.4, -0.2) is 23.8 Å². The molecule has 2 rings (SSSR count). The third-order valence-corrected chi connectivity index (χ3v) is 4.07. The SMILES string of the molecule is CC1(C)CC1CNC1CCC(O)CC1. The zero-order valence-electron chi connectivity index (χ0n) is 9.42. The first-order valence-electron chi connectivity index (χ1n) is 5.99. The van der Waals surface area contributed by atoms with E-state index in [-0.39, 0.29) is 6.10 Å². The van der Waals surface area contributed by atoms with Gasteiger partial charge in [0.05, 0.1) is 6.10 Å². The van der Waals surface area contributed by atoms with Crippen LogP contribution in [0.15, 0.2) is 0 Å². The Hall–Kier alpha value is -0.0800. The first-order valence-corrected chi connectivity index (χ1v) is 5.99. The van der Waals surface area contributed by atoms with Gasteiger partial charge < -0.3 is 10.4 Å². The lowest BCUT2D eigenvalue weighted by molar-refractivity contribution is 0.116. The summed E-state index contributed by atoms with van der Waals surface area (Å²) in [6.07, 6.45) is 5.67. The summed E-state index contributed by atoms with van der Waals surface area (Å²) in [6, 6.07) is 0.676. The number of hydrogen-bond acceptors (Lipinski definition) is 2. The Morgan fingerprint density at radius 3 is 2.29 bits per heavy atom. The largest absolute Gasteiger partial charge is 0.393 e. The van der Waals surface area contributed by atoms with Gasteiger partial charge in [0.2, 0.25) is 0 Å². The molecule has 0 aliphatic heterocycles. The van der Waals surface area contributed by atoms with E-state index in [1.54, 1.807) is 0 Å². The molecule has 2 heteroatoms. The van der Waals surface area contributed by atoms with Crippen LogP contribution in [0.3, 0.4) is 0 Å². The lowest BCUT2D eigenvalue weighted by Crippen LogP contribution is -2.36. The Morgan fingerprint density at radius 2 is 1.79 bits per heavy atom. The van der Waals surface area contributed by atoms with Crippen LogP contribution in [0.4, 0.5) is 0 Å². The van der Waals surface area contributed by atoms with Crippen molar-refractivity contribution in [3.63, 3.8) is 0 Å². The smallest absolute Gasteiger partial charge is 0.0541 e. The van der Waals surface area contributed by atoms with Crippen molar-refractivity contribution in [2.24, 2.45) is 11.3 Å². The van der Waals surface area contributed by atoms with Crippen molar-refractivity contribution in [3.8, 4) is 0 Å². The van der Waals surface area contributed by atoms with Crippen LogP contribution in [0.5, 0.6) is 0 Å². The molecule has 0 spiro atoms. The molecule has 0 bridgehead atoms. The van der Waals surface area contributed by atoms with Gasteiger partial charge in [-0.05, 0) is 50.0 Å². The van der Waals surface area contributed by atoms with E-state index in [9.17, 15) is 5.11 Å². The van der Waals surface area contributed by atoms with Crippen LogP contribution in [0.2, 0.25) is 0 Å². The molecule has 14 heavy (non-hydrogen) atoms. The maximum atomic E-state index is 9.37. The predicted molar refractivity (Wildman–Crippen MR) is 58.2 cm³/mol. The molecule has 2 saturated carbocycles. The van der Waals surface area contributed by atoms with Crippen molar-refractivity contribution in [2.75, 3.05) is 6.54 Å². The topological polar surface area (TPSA) is 32.3 Å². The molecule has 82 valence electrons. The fourth-order valence-electron chi connectivity index (χ4n) is 2.51. The van der Waals surface area contributed by atoms with Crippen molar-refractivity contribution < 1.29 is 5.11 Å². The number of nitrogens with one attached hydrogen (secondary N) is 1. The Kier molecular flexibility index (Phi) is 2.85. The lowest BCUT2D eigenvalue weighted by Gasteiger charge is -2.26. The second kappa shape index (κ2) is 3.82. The van der Waals surface area contributed by atoms with Gasteiger partial charge in [0.15, 0.2) is 0 Å². The predicted octanol–water partition coefficient (Wildman–Crippen LogP) is 1.93. The van der Waals surface area contributed by atoms with E-state index < -0.39 is 0 Å². The van der Waals surface area contributed by atoms with E-state index in [4.69, 9.17) is 0 Å². The van der Waals surface area contributed by atoms with Gasteiger partial charge in [-0.3, -0.25) is 0 Å². The molecule has 2 aliphatic rings. The molecule has 1 atom stereocenters. The fourth-order valence-corrected chi connectivity index (χ4v) is 2.51. The van der Waals surface area contributed by atoms with Gasteiger partial charge in [-0.1, -0.05) is 13.8 Å². The van der Waals surface area contributed by atoms with E-state index in [0.717, 1.165) is 31.6 Å². The highest BCUT2D eigenvalue weighted by molar-refractivity contribution is 4.96. The van der Waals surface area contributed by atoms with E-state index in [1.165, 1.54) is 13.0 Å². The van der Waals surface area contributed by atoms with Crippen molar-refractivity contribution in [1.82, 2.24) is 5.32 Å². The highest BCUT2D eigenvalue weighted by Crippen LogP contribution is 2.51. The van der Waals surface area contributed by atoms with Crippen LogP contribution < -0.4 is 5.32 Å². The highest BCUT2D eigenvalue weighted by atomic mass is 16.3. The van der Waals surface area contributed by atoms with Crippen molar-refractivity contribution in [1.29, 1.82) is 0 Å². The van der Waals surface area contributed by atoms with Crippen LogP contribution >= 0.6 is 0 Å². The van der Waals surface area contributed by atoms with Gasteiger partial charge in [-0.2, -0.15) is 0 Å². The molecule has 2 N–H and O–H groups in total. The third kappa shape index (κ3) is 2.48. The monoisotopic (exact) mass is 197 g/mol. The Bertz CT molecular complexity index is 194. The minimum atomic E-state index is -0.0228. The molecule has 0 aromatic rings. The van der Waals surface area contributed by atoms with E-state index in [2.05, 4.69) is 19.2 Å². The molecule has 0 radical (unpaired) electrons. The Balaban J connectivity index is 1.62. The minimum absolute atomic E-state index is 0.0228. The lowest BCUT2D eigenvalue weighted by atomic mass is 9.93. The Labute approximate surface area is 87.1 Å². The number of hydrogen-bond donors (Lipinski definition) is 2. The molecule has 2 fully saturated rings. The van der Waals surface area contributed by atoms with Crippen molar-refractivity contribution in [2.45, 2.75) is 58.1 Å². The molecule has 1 unspecified atom stereocenters. The first-order chi connectivity index (χ1) is 6.58. The zero-order valence-corrected chi connectivity index (χ0v) is 9.42. The summed E-state index contributed by atoms with van der Waals surface area (Å²) in [4.78, 5) is 0. The molecule has 2 nitrogen and oxygen atoms in total. The van der Waals surface area contributed by atoms with Gasteiger partial charge in [0.1, 0.15) is 0 Å². The van der Waals surface area contributed by atoms with Gasteiger partial charge in [0, 0.05) is 6.04 Å². The molecule has 0 amide bonds. The average Bonchev–Trinajstić information content (AvgIpc) is 2.73. The van der Waals surface area contributed by atoms with Gasteiger partial charge in [-0.15, -0.1) is 0 Å². The summed E-state index contributed by atoms with van der Waals surface area (Å²) < 4.78 is 0. The highest BCUT2D eigenvalue weighted by Gasteiger charge is 2.45. The molecule has 0 aromatic carbocycles. The second-order valence-corrected chi connectivity index (χ2v) is 5.80.